The molecule has 7 heteroatoms. The summed E-state index contributed by atoms with van der Waals surface area (Å²) in [4.78, 5) is 4.71. The number of sulfonamides is 1. The highest BCUT2D eigenvalue weighted by atomic mass is 32.2. The van der Waals surface area contributed by atoms with Crippen LogP contribution in [0.3, 0.4) is 0 Å². The molecule has 0 unspecified atom stereocenters. The van der Waals surface area contributed by atoms with Gasteiger partial charge in [0.25, 0.3) is 0 Å². The quantitative estimate of drug-likeness (QED) is 0.410. The number of hydrogen-bond acceptors (Lipinski definition) is 3. The van der Waals surface area contributed by atoms with Crippen LogP contribution < -0.4 is 15.4 Å². The van der Waals surface area contributed by atoms with E-state index in [1.165, 1.54) is 25.7 Å². The molecule has 1 saturated carbocycles. The van der Waals surface area contributed by atoms with Gasteiger partial charge in [-0.25, -0.2) is 18.1 Å². The molecule has 1 aromatic carbocycles. The molecular formula is C21H36N4O2S. The minimum absolute atomic E-state index is 0.0280. The van der Waals surface area contributed by atoms with E-state index in [9.17, 15) is 8.42 Å². The van der Waals surface area contributed by atoms with Crippen molar-refractivity contribution in [2.24, 2.45) is 10.4 Å². The lowest BCUT2D eigenvalue weighted by Crippen LogP contribution is -2.46. The van der Waals surface area contributed by atoms with Gasteiger partial charge in [-0.05, 0) is 56.6 Å². The van der Waals surface area contributed by atoms with Gasteiger partial charge in [0.05, 0.1) is 12.3 Å². The molecule has 0 aliphatic heterocycles. The highest BCUT2D eigenvalue weighted by Gasteiger charge is 2.34. The highest BCUT2D eigenvalue weighted by Crippen LogP contribution is 2.42. The zero-order chi connectivity index (χ0) is 20.6. The molecule has 1 aromatic rings. The second kappa shape index (κ2) is 10.3. The van der Waals surface area contributed by atoms with Gasteiger partial charge in [0, 0.05) is 19.1 Å². The number of nitrogens with one attached hydrogen (secondary N) is 3. The fourth-order valence-electron chi connectivity index (χ4n) is 3.57. The van der Waals surface area contributed by atoms with E-state index in [2.05, 4.69) is 22.3 Å². The number of guanidine groups is 1. The predicted octanol–water partition coefficient (Wildman–Crippen LogP) is 3.15. The van der Waals surface area contributed by atoms with E-state index in [-0.39, 0.29) is 11.8 Å². The van der Waals surface area contributed by atoms with E-state index < -0.39 is 10.0 Å². The summed E-state index contributed by atoms with van der Waals surface area (Å²) >= 11 is 0. The Balaban J connectivity index is 2.07. The minimum Gasteiger partial charge on any atom is -0.357 e. The van der Waals surface area contributed by atoms with Crippen molar-refractivity contribution in [2.45, 2.75) is 71.7 Å². The molecule has 6 nitrogen and oxygen atoms in total. The second-order valence-corrected chi connectivity index (χ2v) is 9.81. The van der Waals surface area contributed by atoms with Crippen LogP contribution in [0, 0.1) is 5.41 Å². The predicted molar refractivity (Wildman–Crippen MR) is 117 cm³/mol. The molecule has 0 atom stereocenters. The van der Waals surface area contributed by atoms with E-state index in [0.29, 0.717) is 12.0 Å². The molecule has 1 aliphatic rings. The summed E-state index contributed by atoms with van der Waals surface area (Å²) in [7, 11) is -3.36. The molecule has 0 aromatic heterocycles. The first kappa shape index (κ1) is 22.7. The van der Waals surface area contributed by atoms with Crippen LogP contribution in [-0.2, 0) is 22.3 Å². The molecule has 0 radical (unpaired) electrons. The van der Waals surface area contributed by atoms with Gasteiger partial charge >= 0.3 is 0 Å². The monoisotopic (exact) mass is 408 g/mol. The van der Waals surface area contributed by atoms with Crippen molar-refractivity contribution in [3.8, 4) is 0 Å². The van der Waals surface area contributed by atoms with Gasteiger partial charge in [0.2, 0.25) is 10.0 Å². The van der Waals surface area contributed by atoms with E-state index in [1.807, 2.05) is 45.0 Å². The molecule has 0 bridgehead atoms. The number of hydrogen-bond donors (Lipinski definition) is 3. The smallest absolute Gasteiger partial charge is 0.216 e. The van der Waals surface area contributed by atoms with Crippen molar-refractivity contribution < 1.29 is 8.42 Å². The SMILES string of the molecule is CCNC(=NCc1ccccc1CS(=O)(=O)NC(C)C)NCC1(CC)CCC1. The van der Waals surface area contributed by atoms with Gasteiger partial charge in [-0.1, -0.05) is 37.6 Å². The molecule has 0 saturated heterocycles. The Morgan fingerprint density at radius 2 is 1.82 bits per heavy atom. The lowest BCUT2D eigenvalue weighted by Gasteiger charge is -2.41. The van der Waals surface area contributed by atoms with Crippen LogP contribution in [0.25, 0.3) is 0 Å². The fourth-order valence-corrected chi connectivity index (χ4v) is 5.06. The summed E-state index contributed by atoms with van der Waals surface area (Å²) in [5.41, 5.74) is 2.13. The molecule has 1 fully saturated rings. The van der Waals surface area contributed by atoms with Gasteiger partial charge in [-0.2, -0.15) is 0 Å². The maximum atomic E-state index is 12.3. The topological polar surface area (TPSA) is 82.6 Å². The average Bonchev–Trinajstić information content (AvgIpc) is 2.58. The molecule has 0 amide bonds. The first-order valence-corrected chi connectivity index (χ1v) is 12.0. The van der Waals surface area contributed by atoms with Crippen LogP contribution in [0.4, 0.5) is 0 Å². The lowest BCUT2D eigenvalue weighted by molar-refractivity contribution is 0.131. The van der Waals surface area contributed by atoms with Crippen molar-refractivity contribution in [3.63, 3.8) is 0 Å². The number of rotatable bonds is 10. The molecule has 1 aliphatic carbocycles. The summed E-state index contributed by atoms with van der Waals surface area (Å²) < 4.78 is 27.3. The maximum absolute atomic E-state index is 12.3. The lowest BCUT2D eigenvalue weighted by atomic mass is 9.67. The summed E-state index contributed by atoms with van der Waals surface area (Å²) in [5, 5.41) is 6.79. The van der Waals surface area contributed by atoms with Crippen molar-refractivity contribution in [1.82, 2.24) is 15.4 Å². The second-order valence-electron chi connectivity index (χ2n) is 8.06. The third-order valence-corrected chi connectivity index (χ3v) is 6.95. The van der Waals surface area contributed by atoms with Crippen molar-refractivity contribution in [1.29, 1.82) is 0 Å². The molecule has 158 valence electrons. The van der Waals surface area contributed by atoms with E-state index >= 15 is 0 Å². The summed E-state index contributed by atoms with van der Waals surface area (Å²) in [5.74, 6) is 0.764. The van der Waals surface area contributed by atoms with Crippen LogP contribution in [0.5, 0.6) is 0 Å². The van der Waals surface area contributed by atoms with E-state index in [0.717, 1.165) is 30.2 Å². The van der Waals surface area contributed by atoms with Crippen molar-refractivity contribution >= 4 is 16.0 Å². The first-order valence-electron chi connectivity index (χ1n) is 10.4. The van der Waals surface area contributed by atoms with Crippen LogP contribution in [-0.4, -0.2) is 33.5 Å². The van der Waals surface area contributed by atoms with Crippen LogP contribution in [0.1, 0.15) is 64.5 Å². The standard InChI is InChI=1S/C21H36N4O2S/c1-5-21(12-9-13-21)16-24-20(22-6-2)23-14-18-10-7-8-11-19(18)15-28(26,27)25-17(3)4/h7-8,10-11,17,25H,5-6,9,12-16H2,1-4H3,(H2,22,23,24). The third-order valence-electron chi connectivity index (χ3n) is 5.43. The Hall–Kier alpha value is -1.60. The average molecular weight is 409 g/mol. The Morgan fingerprint density at radius 3 is 2.36 bits per heavy atom. The van der Waals surface area contributed by atoms with E-state index in [1.54, 1.807) is 0 Å². The van der Waals surface area contributed by atoms with Crippen molar-refractivity contribution in [3.05, 3.63) is 35.4 Å². The summed E-state index contributed by atoms with van der Waals surface area (Å²) in [6, 6.07) is 7.51. The minimum atomic E-state index is -3.36. The maximum Gasteiger partial charge on any atom is 0.216 e. The van der Waals surface area contributed by atoms with Gasteiger partial charge < -0.3 is 10.6 Å². The van der Waals surface area contributed by atoms with Crippen LogP contribution >= 0.6 is 0 Å². The van der Waals surface area contributed by atoms with Gasteiger partial charge in [-0.15, -0.1) is 0 Å². The normalized spacial score (nSPS) is 16.7. The van der Waals surface area contributed by atoms with Crippen molar-refractivity contribution in [2.75, 3.05) is 13.1 Å². The molecular weight excluding hydrogens is 372 g/mol. The first-order chi connectivity index (χ1) is 13.3. The Bertz CT molecular complexity index is 750. The zero-order valence-electron chi connectivity index (χ0n) is 17.7. The third kappa shape index (κ3) is 6.78. The Morgan fingerprint density at radius 1 is 1.14 bits per heavy atom. The zero-order valence-corrected chi connectivity index (χ0v) is 18.5. The highest BCUT2D eigenvalue weighted by molar-refractivity contribution is 7.88. The van der Waals surface area contributed by atoms with Gasteiger partial charge in [-0.3, -0.25) is 0 Å². The largest absolute Gasteiger partial charge is 0.357 e. The Labute approximate surface area is 170 Å². The Kier molecular flexibility index (Phi) is 8.31. The molecule has 0 heterocycles. The summed E-state index contributed by atoms with van der Waals surface area (Å²) in [6.45, 7) is 10.1. The number of aliphatic imine (C=N–C) groups is 1. The fraction of sp³-hybridized carbons (Fsp3) is 0.667. The number of benzene rings is 1. The number of nitrogens with zero attached hydrogens (tertiary/aromatic N) is 1. The summed E-state index contributed by atoms with van der Waals surface area (Å²) in [6.07, 6.45) is 5.05. The van der Waals surface area contributed by atoms with E-state index in [4.69, 9.17) is 4.99 Å². The molecule has 28 heavy (non-hydrogen) atoms. The molecule has 0 spiro atoms. The van der Waals surface area contributed by atoms with Gasteiger partial charge in [0.1, 0.15) is 0 Å². The molecule has 2 rings (SSSR count). The van der Waals surface area contributed by atoms with Crippen LogP contribution in [0.15, 0.2) is 29.3 Å². The molecule has 3 N–H and O–H groups in total. The van der Waals surface area contributed by atoms with Crippen LogP contribution in [0.2, 0.25) is 0 Å². The van der Waals surface area contributed by atoms with Gasteiger partial charge in [0.15, 0.2) is 5.96 Å².